The summed E-state index contributed by atoms with van der Waals surface area (Å²) in [5.74, 6) is 0.567. The zero-order valence-electron chi connectivity index (χ0n) is 13.9. The number of anilines is 1. The van der Waals surface area contributed by atoms with Crippen LogP contribution in [0.2, 0.25) is 0 Å². The Morgan fingerprint density at radius 2 is 2.10 bits per heavy atom. The van der Waals surface area contributed by atoms with E-state index in [9.17, 15) is 4.39 Å². The highest BCUT2D eigenvalue weighted by atomic mass is 19.1. The Labute approximate surface area is 128 Å². The highest BCUT2D eigenvalue weighted by Gasteiger charge is 2.32. The van der Waals surface area contributed by atoms with E-state index >= 15 is 0 Å². The Kier molecular flexibility index (Phi) is 5.26. The van der Waals surface area contributed by atoms with Gasteiger partial charge in [0.15, 0.2) is 0 Å². The predicted molar refractivity (Wildman–Crippen MR) is 88.2 cm³/mol. The summed E-state index contributed by atoms with van der Waals surface area (Å²) in [6, 6.07) is 5.22. The van der Waals surface area contributed by atoms with Gasteiger partial charge in [-0.3, -0.25) is 0 Å². The van der Waals surface area contributed by atoms with Gasteiger partial charge in [0.05, 0.1) is 0 Å². The van der Waals surface area contributed by atoms with E-state index in [2.05, 4.69) is 37.9 Å². The summed E-state index contributed by atoms with van der Waals surface area (Å²) in [5.41, 5.74) is 2.62. The largest absolute Gasteiger partial charge is 0.371 e. The fourth-order valence-corrected chi connectivity index (χ4v) is 3.09. The van der Waals surface area contributed by atoms with E-state index in [-0.39, 0.29) is 5.82 Å². The van der Waals surface area contributed by atoms with Gasteiger partial charge < -0.3 is 10.2 Å². The number of nitrogens with zero attached hydrogens (tertiary/aromatic N) is 1. The molecular formula is C18H29FN2. The van der Waals surface area contributed by atoms with Crippen LogP contribution in [0.25, 0.3) is 0 Å². The maximum Gasteiger partial charge on any atom is 0.123 e. The average Bonchev–Trinajstić information content (AvgIpc) is 2.88. The summed E-state index contributed by atoms with van der Waals surface area (Å²) in [7, 11) is 0. The van der Waals surface area contributed by atoms with Crippen molar-refractivity contribution in [2.75, 3.05) is 24.5 Å². The molecule has 2 rings (SSSR count). The van der Waals surface area contributed by atoms with Crippen molar-refractivity contribution in [1.82, 2.24) is 5.32 Å². The molecule has 1 heterocycles. The maximum absolute atomic E-state index is 13.6. The van der Waals surface area contributed by atoms with Crippen molar-refractivity contribution < 1.29 is 4.39 Å². The first kappa shape index (κ1) is 16.3. The van der Waals surface area contributed by atoms with E-state index in [0.717, 1.165) is 38.2 Å². The SMILES string of the molecule is CCCNCc1cc(F)ccc1N1CCC(C(C)(C)C)C1. The van der Waals surface area contributed by atoms with E-state index in [1.807, 2.05) is 6.07 Å². The van der Waals surface area contributed by atoms with Crippen LogP contribution in [0.4, 0.5) is 10.1 Å². The summed E-state index contributed by atoms with van der Waals surface area (Å²) in [6.45, 7) is 13.0. The molecule has 1 N–H and O–H groups in total. The number of hydrogen-bond acceptors (Lipinski definition) is 2. The van der Waals surface area contributed by atoms with Gasteiger partial charge in [-0.05, 0) is 54.5 Å². The second-order valence-electron chi connectivity index (χ2n) is 7.25. The minimum absolute atomic E-state index is 0.140. The molecule has 0 amide bonds. The van der Waals surface area contributed by atoms with Crippen molar-refractivity contribution in [2.45, 2.75) is 47.1 Å². The molecule has 3 heteroatoms. The molecule has 0 aliphatic carbocycles. The third kappa shape index (κ3) is 4.19. The van der Waals surface area contributed by atoms with Gasteiger partial charge in [-0.1, -0.05) is 27.7 Å². The van der Waals surface area contributed by atoms with Crippen molar-refractivity contribution in [3.8, 4) is 0 Å². The molecule has 1 atom stereocenters. The summed E-state index contributed by atoms with van der Waals surface area (Å²) in [6.07, 6.45) is 2.32. The Bertz CT molecular complexity index is 465. The Hall–Kier alpha value is -1.09. The average molecular weight is 292 g/mol. The summed E-state index contributed by atoms with van der Waals surface area (Å²) < 4.78 is 13.6. The van der Waals surface area contributed by atoms with Crippen molar-refractivity contribution in [2.24, 2.45) is 11.3 Å². The van der Waals surface area contributed by atoms with E-state index in [4.69, 9.17) is 0 Å². The molecule has 0 aromatic heterocycles. The molecule has 2 nitrogen and oxygen atoms in total. The molecule has 118 valence electrons. The maximum atomic E-state index is 13.6. The van der Waals surface area contributed by atoms with Gasteiger partial charge in [-0.15, -0.1) is 0 Å². The highest BCUT2D eigenvalue weighted by Crippen LogP contribution is 2.36. The van der Waals surface area contributed by atoms with Crippen molar-refractivity contribution in [1.29, 1.82) is 0 Å². The smallest absolute Gasteiger partial charge is 0.123 e. The lowest BCUT2D eigenvalue weighted by atomic mass is 9.80. The lowest BCUT2D eigenvalue weighted by molar-refractivity contribution is 0.263. The van der Waals surface area contributed by atoms with Crippen LogP contribution in [-0.2, 0) is 6.54 Å². The minimum atomic E-state index is -0.140. The Balaban J connectivity index is 2.12. The molecule has 1 aliphatic rings. The topological polar surface area (TPSA) is 15.3 Å². The van der Waals surface area contributed by atoms with Crippen LogP contribution in [0, 0.1) is 17.2 Å². The number of hydrogen-bond donors (Lipinski definition) is 1. The third-order valence-electron chi connectivity index (χ3n) is 4.54. The third-order valence-corrected chi connectivity index (χ3v) is 4.54. The monoisotopic (exact) mass is 292 g/mol. The van der Waals surface area contributed by atoms with Crippen LogP contribution in [0.15, 0.2) is 18.2 Å². The molecule has 0 saturated carbocycles. The van der Waals surface area contributed by atoms with E-state index < -0.39 is 0 Å². The summed E-state index contributed by atoms with van der Waals surface area (Å²) in [4.78, 5) is 2.43. The summed E-state index contributed by atoms with van der Waals surface area (Å²) >= 11 is 0. The first-order chi connectivity index (χ1) is 9.91. The van der Waals surface area contributed by atoms with E-state index in [1.165, 1.54) is 12.1 Å². The van der Waals surface area contributed by atoms with Gasteiger partial charge in [-0.25, -0.2) is 4.39 Å². The van der Waals surface area contributed by atoms with Crippen LogP contribution in [-0.4, -0.2) is 19.6 Å². The van der Waals surface area contributed by atoms with Gasteiger partial charge >= 0.3 is 0 Å². The molecule has 1 unspecified atom stereocenters. The fraction of sp³-hybridized carbons (Fsp3) is 0.667. The second kappa shape index (κ2) is 6.78. The zero-order valence-corrected chi connectivity index (χ0v) is 13.9. The normalized spacial score (nSPS) is 19.3. The minimum Gasteiger partial charge on any atom is -0.371 e. The second-order valence-corrected chi connectivity index (χ2v) is 7.25. The van der Waals surface area contributed by atoms with Gasteiger partial charge in [0.25, 0.3) is 0 Å². The van der Waals surface area contributed by atoms with Crippen LogP contribution in [0.5, 0.6) is 0 Å². The number of benzene rings is 1. The zero-order chi connectivity index (χ0) is 15.5. The van der Waals surface area contributed by atoms with Crippen LogP contribution >= 0.6 is 0 Å². The Morgan fingerprint density at radius 3 is 2.71 bits per heavy atom. The van der Waals surface area contributed by atoms with Crippen molar-refractivity contribution in [3.63, 3.8) is 0 Å². The molecule has 1 aromatic carbocycles. The molecule has 21 heavy (non-hydrogen) atoms. The highest BCUT2D eigenvalue weighted by molar-refractivity contribution is 5.54. The van der Waals surface area contributed by atoms with Gasteiger partial charge in [0, 0.05) is 25.3 Å². The molecule has 1 aliphatic heterocycles. The van der Waals surface area contributed by atoms with E-state index in [1.54, 1.807) is 12.1 Å². The van der Waals surface area contributed by atoms with Crippen molar-refractivity contribution in [3.05, 3.63) is 29.6 Å². The molecule has 1 fully saturated rings. The standard InChI is InChI=1S/C18H29FN2/c1-5-9-20-12-14-11-16(19)6-7-17(14)21-10-8-15(13-21)18(2,3)4/h6-7,11,15,20H,5,8-10,12-13H2,1-4H3. The van der Waals surface area contributed by atoms with Crippen molar-refractivity contribution >= 4 is 5.69 Å². The van der Waals surface area contributed by atoms with Gasteiger partial charge in [-0.2, -0.15) is 0 Å². The van der Waals surface area contributed by atoms with Crippen LogP contribution in [0.3, 0.4) is 0 Å². The van der Waals surface area contributed by atoms with Crippen LogP contribution < -0.4 is 10.2 Å². The molecule has 1 saturated heterocycles. The molecule has 0 spiro atoms. The first-order valence-corrected chi connectivity index (χ1v) is 8.16. The fourth-order valence-electron chi connectivity index (χ4n) is 3.09. The Morgan fingerprint density at radius 1 is 1.33 bits per heavy atom. The van der Waals surface area contributed by atoms with E-state index in [0.29, 0.717) is 11.3 Å². The number of halogens is 1. The lowest BCUT2D eigenvalue weighted by Crippen LogP contribution is -2.27. The van der Waals surface area contributed by atoms with Gasteiger partial charge in [0.1, 0.15) is 5.82 Å². The summed E-state index contributed by atoms with van der Waals surface area (Å²) in [5, 5.41) is 3.39. The molecular weight excluding hydrogens is 263 g/mol. The first-order valence-electron chi connectivity index (χ1n) is 8.16. The quantitative estimate of drug-likeness (QED) is 0.818. The number of nitrogens with one attached hydrogen (secondary N) is 1. The molecule has 0 radical (unpaired) electrons. The predicted octanol–water partition coefficient (Wildman–Crippen LogP) is 4.20. The van der Waals surface area contributed by atoms with Gasteiger partial charge in [0.2, 0.25) is 0 Å². The molecule has 1 aromatic rings. The lowest BCUT2D eigenvalue weighted by Gasteiger charge is -2.28. The molecule has 0 bridgehead atoms. The van der Waals surface area contributed by atoms with Crippen LogP contribution in [0.1, 0.15) is 46.1 Å². The number of rotatable bonds is 5.